The van der Waals surface area contributed by atoms with Crippen LogP contribution in [0.5, 0.6) is 0 Å². The van der Waals surface area contributed by atoms with Crippen molar-refractivity contribution in [2.75, 3.05) is 18.5 Å². The lowest BCUT2D eigenvalue weighted by molar-refractivity contribution is -0.135. The Hall–Kier alpha value is -1.20. The van der Waals surface area contributed by atoms with Crippen molar-refractivity contribution < 1.29 is 9.13 Å². The number of fused-ring (bicyclic) bond motifs is 1. The molecule has 0 bridgehead atoms. The van der Waals surface area contributed by atoms with Crippen LogP contribution in [0.1, 0.15) is 16.2 Å². The molecule has 3 N–H and O–H groups in total. The number of halogens is 2. The lowest BCUT2D eigenvalue weighted by atomic mass is 9.93. The highest BCUT2D eigenvalue weighted by atomic mass is 79.9. The Morgan fingerprint density at radius 2 is 2.27 bits per heavy atom. The molecule has 1 saturated heterocycles. The Morgan fingerprint density at radius 3 is 2.96 bits per heavy atom. The average Bonchev–Trinajstić information content (AvgIpc) is 3.21. The molecule has 10 heteroatoms. The van der Waals surface area contributed by atoms with Crippen LogP contribution >= 0.6 is 38.6 Å². The maximum absolute atomic E-state index is 14.2. The minimum Gasteiger partial charge on any atom is -0.375 e. The third-order valence-corrected chi connectivity index (χ3v) is 7.41. The van der Waals surface area contributed by atoms with Crippen LogP contribution in [0.15, 0.2) is 22.0 Å². The standard InChI is InChI=1S/C16H17BrFN5OS2/c17-12-11(4-9(19)5-16(18)7-24-8-16)26-14-13(12)21-23-22-15(14)20-6-10-2-1-3-25-10/h1-3,9H,4-8,19H2,(H,20,21,22)/t9-/m1/s1. The molecule has 1 aliphatic rings. The van der Waals surface area contributed by atoms with Gasteiger partial charge >= 0.3 is 0 Å². The second kappa shape index (κ2) is 7.43. The summed E-state index contributed by atoms with van der Waals surface area (Å²) in [5, 5.41) is 17.5. The van der Waals surface area contributed by atoms with E-state index in [2.05, 4.69) is 42.7 Å². The molecule has 0 amide bonds. The van der Waals surface area contributed by atoms with E-state index in [1.807, 2.05) is 11.4 Å². The van der Waals surface area contributed by atoms with Crippen LogP contribution in [-0.4, -0.2) is 40.3 Å². The van der Waals surface area contributed by atoms with Crippen molar-refractivity contribution in [3.8, 4) is 0 Å². The van der Waals surface area contributed by atoms with Crippen molar-refractivity contribution in [1.29, 1.82) is 0 Å². The molecule has 0 saturated carbocycles. The minimum atomic E-state index is -1.28. The number of aromatic nitrogens is 3. The number of hydrogen-bond acceptors (Lipinski definition) is 8. The van der Waals surface area contributed by atoms with Gasteiger partial charge in [-0.3, -0.25) is 0 Å². The second-order valence-electron chi connectivity index (χ2n) is 6.40. The third-order valence-electron chi connectivity index (χ3n) is 4.20. The third kappa shape index (κ3) is 3.74. The summed E-state index contributed by atoms with van der Waals surface area (Å²) in [6.07, 6.45) is 0.860. The van der Waals surface area contributed by atoms with Gasteiger partial charge in [0, 0.05) is 22.2 Å². The van der Waals surface area contributed by atoms with E-state index in [9.17, 15) is 4.39 Å². The van der Waals surface area contributed by atoms with Gasteiger partial charge in [-0.1, -0.05) is 6.07 Å². The second-order valence-corrected chi connectivity index (χ2v) is 9.33. The molecule has 0 radical (unpaired) electrons. The summed E-state index contributed by atoms with van der Waals surface area (Å²) in [4.78, 5) is 2.24. The van der Waals surface area contributed by atoms with Gasteiger partial charge in [-0.05, 0) is 39.0 Å². The van der Waals surface area contributed by atoms with E-state index in [0.29, 0.717) is 25.2 Å². The number of rotatable bonds is 7. The number of anilines is 1. The SMILES string of the molecule is N[C@H](Cc1sc2c(NCc3cccs3)nnnc2c1Br)CC1(F)COC1. The summed E-state index contributed by atoms with van der Waals surface area (Å²) < 4.78 is 21.0. The number of alkyl halides is 1. The smallest absolute Gasteiger partial charge is 0.170 e. The maximum Gasteiger partial charge on any atom is 0.170 e. The number of nitrogens with two attached hydrogens (primary N) is 1. The highest BCUT2D eigenvalue weighted by molar-refractivity contribution is 9.10. The van der Waals surface area contributed by atoms with Gasteiger partial charge in [0.1, 0.15) is 10.2 Å². The van der Waals surface area contributed by atoms with Crippen molar-refractivity contribution in [3.05, 3.63) is 31.7 Å². The fourth-order valence-corrected chi connectivity index (χ4v) is 5.54. The predicted octanol–water partition coefficient (Wildman–Crippen LogP) is 3.52. The quantitative estimate of drug-likeness (QED) is 0.564. The zero-order valence-electron chi connectivity index (χ0n) is 13.7. The first-order chi connectivity index (χ1) is 12.5. The van der Waals surface area contributed by atoms with Crippen molar-refractivity contribution in [3.63, 3.8) is 0 Å². The Labute approximate surface area is 166 Å². The van der Waals surface area contributed by atoms with Crippen LogP contribution in [-0.2, 0) is 17.7 Å². The Kier molecular flexibility index (Phi) is 5.20. The zero-order valence-corrected chi connectivity index (χ0v) is 17.0. The lowest BCUT2D eigenvalue weighted by Gasteiger charge is -2.35. The number of thiophene rings is 2. The maximum atomic E-state index is 14.2. The molecule has 1 fully saturated rings. The first kappa shape index (κ1) is 18.2. The molecule has 4 rings (SSSR count). The van der Waals surface area contributed by atoms with Crippen molar-refractivity contribution in [2.24, 2.45) is 5.73 Å². The molecule has 4 heterocycles. The van der Waals surface area contributed by atoms with Crippen molar-refractivity contribution in [2.45, 2.75) is 31.1 Å². The molecule has 138 valence electrons. The topological polar surface area (TPSA) is 86.0 Å². The summed E-state index contributed by atoms with van der Waals surface area (Å²) in [5.74, 6) is 0.697. The van der Waals surface area contributed by atoms with E-state index >= 15 is 0 Å². The highest BCUT2D eigenvalue weighted by Crippen LogP contribution is 2.38. The Balaban J connectivity index is 1.52. The van der Waals surface area contributed by atoms with Gasteiger partial charge in [0.25, 0.3) is 0 Å². The molecule has 1 aliphatic heterocycles. The molecular weight excluding hydrogens is 441 g/mol. The van der Waals surface area contributed by atoms with Crippen LogP contribution in [0.25, 0.3) is 10.2 Å². The zero-order chi connectivity index (χ0) is 18.1. The van der Waals surface area contributed by atoms with Gasteiger partial charge in [0.05, 0.1) is 24.2 Å². The van der Waals surface area contributed by atoms with Crippen LogP contribution in [0.4, 0.5) is 10.2 Å². The molecule has 3 aromatic heterocycles. The molecule has 0 spiro atoms. The molecule has 3 aromatic rings. The molecular formula is C16H17BrFN5OS2. The van der Waals surface area contributed by atoms with E-state index < -0.39 is 5.67 Å². The van der Waals surface area contributed by atoms with Gasteiger partial charge in [-0.15, -0.1) is 32.9 Å². The van der Waals surface area contributed by atoms with Crippen LogP contribution in [0, 0.1) is 0 Å². The van der Waals surface area contributed by atoms with E-state index in [1.165, 1.54) is 4.88 Å². The van der Waals surface area contributed by atoms with Crippen molar-refractivity contribution >= 4 is 54.6 Å². The van der Waals surface area contributed by atoms with Gasteiger partial charge in [0.2, 0.25) is 0 Å². The average molecular weight is 458 g/mol. The number of hydrogen-bond donors (Lipinski definition) is 2. The summed E-state index contributed by atoms with van der Waals surface area (Å²) in [6, 6.07) is 3.80. The molecule has 1 atom stereocenters. The van der Waals surface area contributed by atoms with Gasteiger partial charge in [0.15, 0.2) is 11.5 Å². The van der Waals surface area contributed by atoms with Gasteiger partial charge in [-0.25, -0.2) is 4.39 Å². The molecule has 6 nitrogen and oxygen atoms in total. The fourth-order valence-electron chi connectivity index (χ4n) is 2.91. The normalized spacial score (nSPS) is 17.2. The van der Waals surface area contributed by atoms with Gasteiger partial charge < -0.3 is 15.8 Å². The van der Waals surface area contributed by atoms with Crippen molar-refractivity contribution in [1.82, 2.24) is 15.4 Å². The fraction of sp³-hybridized carbons (Fsp3) is 0.438. The van der Waals surface area contributed by atoms with Crippen LogP contribution in [0.2, 0.25) is 0 Å². The first-order valence-corrected chi connectivity index (χ1v) is 10.6. The van der Waals surface area contributed by atoms with E-state index in [4.69, 9.17) is 10.5 Å². The number of nitrogens with zero attached hydrogens (tertiary/aromatic N) is 3. The molecule has 0 aliphatic carbocycles. The van der Waals surface area contributed by atoms with E-state index in [0.717, 1.165) is 19.6 Å². The van der Waals surface area contributed by atoms with Crippen LogP contribution in [0.3, 0.4) is 0 Å². The molecule has 26 heavy (non-hydrogen) atoms. The first-order valence-electron chi connectivity index (χ1n) is 8.13. The Morgan fingerprint density at radius 1 is 1.42 bits per heavy atom. The summed E-state index contributed by atoms with van der Waals surface area (Å²) >= 11 is 6.84. The predicted molar refractivity (Wildman–Crippen MR) is 106 cm³/mol. The highest BCUT2D eigenvalue weighted by Gasteiger charge is 2.40. The summed E-state index contributed by atoms with van der Waals surface area (Å²) in [5.41, 5.74) is 5.65. The van der Waals surface area contributed by atoms with E-state index in [1.54, 1.807) is 22.7 Å². The molecule has 0 aromatic carbocycles. The monoisotopic (exact) mass is 457 g/mol. The number of ether oxygens (including phenoxy) is 1. The molecule has 0 unspecified atom stereocenters. The number of nitrogens with one attached hydrogen (secondary N) is 1. The summed E-state index contributed by atoms with van der Waals surface area (Å²) in [7, 11) is 0. The lowest BCUT2D eigenvalue weighted by Crippen LogP contribution is -2.49. The Bertz CT molecular complexity index is 900. The largest absolute Gasteiger partial charge is 0.375 e. The van der Waals surface area contributed by atoms with Crippen LogP contribution < -0.4 is 11.1 Å². The van der Waals surface area contributed by atoms with Gasteiger partial charge in [-0.2, -0.15) is 0 Å². The summed E-state index contributed by atoms with van der Waals surface area (Å²) in [6.45, 7) is 0.959. The minimum absolute atomic E-state index is 0.139. The van der Waals surface area contributed by atoms with E-state index in [-0.39, 0.29) is 19.3 Å².